The van der Waals surface area contributed by atoms with Gasteiger partial charge in [-0.2, -0.15) is 0 Å². The van der Waals surface area contributed by atoms with Crippen LogP contribution in [0.1, 0.15) is 65.7 Å². The Bertz CT molecular complexity index is 181. The summed E-state index contributed by atoms with van der Waals surface area (Å²) in [6.07, 6.45) is 6.76. The molecule has 0 rings (SSSR count). The zero-order valence-corrected chi connectivity index (χ0v) is 14.4. The van der Waals surface area contributed by atoms with Crippen molar-refractivity contribution in [1.82, 2.24) is 0 Å². The maximum Gasteiger partial charge on any atom is 0.282 e. The zero-order chi connectivity index (χ0) is 15.1. The second-order valence-corrected chi connectivity index (χ2v) is 5.18. The van der Waals surface area contributed by atoms with Gasteiger partial charge in [-0.15, -0.1) is 0 Å². The molecule has 0 aliphatic rings. The third-order valence-corrected chi connectivity index (χ3v) is 3.01. The third-order valence-electron chi connectivity index (χ3n) is 2.81. The van der Waals surface area contributed by atoms with Gasteiger partial charge in [-0.05, 0) is 32.1 Å². The van der Waals surface area contributed by atoms with Crippen molar-refractivity contribution in [2.75, 3.05) is 26.4 Å². The lowest BCUT2D eigenvalue weighted by molar-refractivity contribution is -0.383. The molecular weight excluding hydrogens is 272 g/mol. The van der Waals surface area contributed by atoms with Crippen LogP contribution in [0.15, 0.2) is 0 Å². The molecule has 0 atom stereocenters. The first-order chi connectivity index (χ1) is 9.74. The highest BCUT2D eigenvalue weighted by molar-refractivity contribution is 5.97. The van der Waals surface area contributed by atoms with Gasteiger partial charge in [-0.1, -0.05) is 27.2 Å². The number of hydrogen-bond donors (Lipinski definition) is 0. The normalized spacial score (nSPS) is 12.0. The Hall–Kier alpha value is 0.0569. The summed E-state index contributed by atoms with van der Waals surface area (Å²) < 4.78 is 22.6. The standard InChI is InChI=1S/C15H31O4Si/c1-4-11-16-15(17-12-5-2,18-13-6-3)10-8-7-9-14-19-20/h4-14H2,1-3H3. The fourth-order valence-corrected chi connectivity index (χ4v) is 1.95. The predicted molar refractivity (Wildman–Crippen MR) is 81.6 cm³/mol. The molecule has 0 aromatic carbocycles. The van der Waals surface area contributed by atoms with Crippen LogP contribution in [-0.2, 0) is 18.6 Å². The van der Waals surface area contributed by atoms with Crippen LogP contribution in [0, 0.1) is 0 Å². The first-order valence-corrected chi connectivity index (χ1v) is 8.35. The van der Waals surface area contributed by atoms with Crippen molar-refractivity contribution in [3.63, 3.8) is 0 Å². The number of ether oxygens (including phenoxy) is 3. The van der Waals surface area contributed by atoms with Gasteiger partial charge in [-0.3, -0.25) is 0 Å². The summed E-state index contributed by atoms with van der Waals surface area (Å²) in [4.78, 5) is 0. The van der Waals surface area contributed by atoms with Gasteiger partial charge in [0, 0.05) is 13.0 Å². The Kier molecular flexibility index (Phi) is 14.1. The van der Waals surface area contributed by atoms with E-state index >= 15 is 0 Å². The molecule has 0 unspecified atom stereocenters. The minimum absolute atomic E-state index is 0.664. The average Bonchev–Trinajstić information content (AvgIpc) is 2.48. The Morgan fingerprint density at radius 1 is 0.700 bits per heavy atom. The second-order valence-electron chi connectivity index (χ2n) is 4.89. The highest BCUT2D eigenvalue weighted by atomic mass is 28.2. The van der Waals surface area contributed by atoms with E-state index in [4.69, 9.17) is 18.6 Å². The van der Waals surface area contributed by atoms with E-state index < -0.39 is 5.97 Å². The topological polar surface area (TPSA) is 36.9 Å². The third kappa shape index (κ3) is 9.88. The summed E-state index contributed by atoms with van der Waals surface area (Å²) in [6.45, 7) is 9.00. The van der Waals surface area contributed by atoms with E-state index in [1.807, 2.05) is 0 Å². The molecule has 20 heavy (non-hydrogen) atoms. The molecule has 0 aromatic heterocycles. The Morgan fingerprint density at radius 2 is 1.20 bits per heavy atom. The first-order valence-electron chi connectivity index (χ1n) is 7.95. The lowest BCUT2D eigenvalue weighted by Crippen LogP contribution is -2.40. The maximum absolute atomic E-state index is 5.90. The maximum atomic E-state index is 5.90. The number of hydrogen-bond acceptors (Lipinski definition) is 4. The molecule has 0 saturated heterocycles. The van der Waals surface area contributed by atoms with E-state index in [1.54, 1.807) is 0 Å². The van der Waals surface area contributed by atoms with Gasteiger partial charge in [0.1, 0.15) is 0 Å². The number of unbranched alkanes of at least 4 members (excludes halogenated alkanes) is 2. The van der Waals surface area contributed by atoms with E-state index in [9.17, 15) is 0 Å². The van der Waals surface area contributed by atoms with E-state index in [1.165, 1.54) is 0 Å². The molecule has 0 heterocycles. The highest BCUT2D eigenvalue weighted by Gasteiger charge is 2.32. The summed E-state index contributed by atoms with van der Waals surface area (Å²) >= 11 is 0. The van der Waals surface area contributed by atoms with Gasteiger partial charge in [0.05, 0.1) is 19.8 Å². The molecule has 0 amide bonds. The van der Waals surface area contributed by atoms with Gasteiger partial charge in [0.2, 0.25) is 10.5 Å². The van der Waals surface area contributed by atoms with E-state index in [2.05, 4.69) is 31.3 Å². The molecule has 3 radical (unpaired) electrons. The number of rotatable bonds is 15. The van der Waals surface area contributed by atoms with Gasteiger partial charge in [-0.25, -0.2) is 0 Å². The second kappa shape index (κ2) is 14.0. The van der Waals surface area contributed by atoms with Gasteiger partial charge in [0.15, 0.2) is 0 Å². The lowest BCUT2D eigenvalue weighted by Gasteiger charge is -2.33. The minimum atomic E-state index is -0.850. The highest BCUT2D eigenvalue weighted by Crippen LogP contribution is 2.24. The summed E-state index contributed by atoms with van der Waals surface area (Å²) in [5.74, 6) is -0.850. The summed E-state index contributed by atoms with van der Waals surface area (Å²) in [5.41, 5.74) is 0. The van der Waals surface area contributed by atoms with Crippen LogP contribution in [-0.4, -0.2) is 42.9 Å². The molecule has 0 fully saturated rings. The molecule has 0 spiro atoms. The van der Waals surface area contributed by atoms with E-state index in [-0.39, 0.29) is 0 Å². The first kappa shape index (κ1) is 20.1. The van der Waals surface area contributed by atoms with Crippen LogP contribution < -0.4 is 0 Å². The molecule has 0 saturated carbocycles. The van der Waals surface area contributed by atoms with E-state index in [0.29, 0.717) is 19.8 Å². The van der Waals surface area contributed by atoms with Crippen LogP contribution in [0.2, 0.25) is 0 Å². The zero-order valence-electron chi connectivity index (χ0n) is 13.4. The van der Waals surface area contributed by atoms with Crippen molar-refractivity contribution in [3.05, 3.63) is 0 Å². The van der Waals surface area contributed by atoms with Crippen LogP contribution in [0.25, 0.3) is 0 Å². The molecule has 0 N–H and O–H groups in total. The molecule has 119 valence electrons. The molecule has 0 aliphatic carbocycles. The van der Waals surface area contributed by atoms with Crippen molar-refractivity contribution in [1.29, 1.82) is 0 Å². The molecule has 0 bridgehead atoms. The quantitative estimate of drug-likeness (QED) is 0.263. The minimum Gasteiger partial charge on any atom is -0.419 e. The van der Waals surface area contributed by atoms with Crippen LogP contribution in [0.3, 0.4) is 0 Å². The smallest absolute Gasteiger partial charge is 0.282 e. The SMILES string of the molecule is CCCOC(CCCCCO[Si])(OCCC)OCCC. The monoisotopic (exact) mass is 303 g/mol. The van der Waals surface area contributed by atoms with Gasteiger partial charge < -0.3 is 18.6 Å². The molecule has 0 aliphatic heterocycles. The summed E-state index contributed by atoms with van der Waals surface area (Å²) in [6, 6.07) is 0. The van der Waals surface area contributed by atoms with Gasteiger partial charge in [0.25, 0.3) is 5.97 Å². The van der Waals surface area contributed by atoms with Gasteiger partial charge >= 0.3 is 0 Å². The molecule has 0 aromatic rings. The van der Waals surface area contributed by atoms with Crippen molar-refractivity contribution in [2.24, 2.45) is 0 Å². The van der Waals surface area contributed by atoms with Crippen molar-refractivity contribution < 1.29 is 18.6 Å². The summed E-state index contributed by atoms with van der Waals surface area (Å²) in [5, 5.41) is 0. The molecule has 4 nitrogen and oxygen atoms in total. The Labute approximate surface area is 128 Å². The van der Waals surface area contributed by atoms with Crippen LogP contribution >= 0.6 is 0 Å². The Morgan fingerprint density at radius 3 is 1.60 bits per heavy atom. The largest absolute Gasteiger partial charge is 0.419 e. The van der Waals surface area contributed by atoms with Crippen LogP contribution in [0.5, 0.6) is 0 Å². The van der Waals surface area contributed by atoms with Crippen molar-refractivity contribution in [2.45, 2.75) is 71.7 Å². The van der Waals surface area contributed by atoms with Crippen molar-refractivity contribution in [3.8, 4) is 0 Å². The fourth-order valence-electron chi connectivity index (χ4n) is 1.81. The fraction of sp³-hybridized carbons (Fsp3) is 1.00. The molecule has 5 heteroatoms. The summed E-state index contributed by atoms with van der Waals surface area (Å²) in [7, 11) is 3.02. The molecular formula is C15H31O4Si. The average molecular weight is 303 g/mol. The van der Waals surface area contributed by atoms with Crippen molar-refractivity contribution >= 4 is 10.5 Å². The van der Waals surface area contributed by atoms with E-state index in [0.717, 1.165) is 51.6 Å². The lowest BCUT2D eigenvalue weighted by atomic mass is 10.1. The van der Waals surface area contributed by atoms with Crippen LogP contribution in [0.4, 0.5) is 0 Å². The Balaban J connectivity index is 4.34. The predicted octanol–water partition coefficient (Wildman–Crippen LogP) is 3.58.